The molecule has 0 saturated heterocycles. The summed E-state index contributed by atoms with van der Waals surface area (Å²) in [6.07, 6.45) is 3.25. The number of nitrogens with one attached hydrogen (secondary N) is 1. The van der Waals surface area contributed by atoms with Gasteiger partial charge in [0, 0.05) is 23.6 Å². The molecule has 1 aromatic carbocycles. The number of pyridine rings is 1. The van der Waals surface area contributed by atoms with Crippen molar-refractivity contribution in [3.05, 3.63) is 60.2 Å². The van der Waals surface area contributed by atoms with Gasteiger partial charge in [0.05, 0.1) is 0 Å². The lowest BCUT2D eigenvalue weighted by Gasteiger charge is -2.04. The molecule has 3 rings (SSSR count). The fraction of sp³-hybridized carbons (Fsp3) is 0.0667. The molecule has 2 heterocycles. The van der Waals surface area contributed by atoms with Crippen molar-refractivity contribution in [3.63, 3.8) is 0 Å². The Balaban J connectivity index is 1.80. The molecule has 0 aliphatic rings. The molecule has 1 amide bonds. The van der Waals surface area contributed by atoms with Crippen LogP contribution in [0, 0.1) is 6.92 Å². The summed E-state index contributed by atoms with van der Waals surface area (Å²) in [6, 6.07) is 11.0. The molecule has 0 aliphatic carbocycles. The number of carbonyl (C=O) groups is 1. The SMILES string of the molecule is Cc1ccccc1NC(=O)c1nc(-c2ccncc2)no1. The van der Waals surface area contributed by atoms with E-state index in [0.29, 0.717) is 11.5 Å². The molecule has 2 aromatic heterocycles. The fourth-order valence-corrected chi connectivity index (χ4v) is 1.82. The van der Waals surface area contributed by atoms with Crippen molar-refractivity contribution in [1.82, 2.24) is 15.1 Å². The Morgan fingerprint density at radius 3 is 2.67 bits per heavy atom. The maximum atomic E-state index is 12.1. The van der Waals surface area contributed by atoms with Gasteiger partial charge in [0.15, 0.2) is 0 Å². The Morgan fingerprint density at radius 2 is 1.90 bits per heavy atom. The first-order valence-electron chi connectivity index (χ1n) is 6.35. The van der Waals surface area contributed by atoms with Crippen LogP contribution in [0.25, 0.3) is 11.4 Å². The van der Waals surface area contributed by atoms with Gasteiger partial charge in [-0.15, -0.1) is 0 Å². The van der Waals surface area contributed by atoms with Crippen molar-refractivity contribution >= 4 is 11.6 Å². The lowest BCUT2D eigenvalue weighted by atomic mass is 10.2. The first kappa shape index (κ1) is 13.0. The van der Waals surface area contributed by atoms with E-state index >= 15 is 0 Å². The maximum absolute atomic E-state index is 12.1. The number of hydrogen-bond donors (Lipinski definition) is 1. The minimum atomic E-state index is -0.433. The first-order chi connectivity index (χ1) is 10.2. The molecule has 6 heteroatoms. The molecule has 0 unspecified atom stereocenters. The smallest absolute Gasteiger partial charge is 0.316 e. The van der Waals surface area contributed by atoms with Crippen molar-refractivity contribution in [1.29, 1.82) is 0 Å². The number of benzene rings is 1. The lowest BCUT2D eigenvalue weighted by molar-refractivity contribution is 0.0981. The molecule has 0 saturated carbocycles. The number of nitrogens with zero attached hydrogens (tertiary/aromatic N) is 3. The summed E-state index contributed by atoms with van der Waals surface area (Å²) < 4.78 is 5.00. The largest absolute Gasteiger partial charge is 0.328 e. The number of amides is 1. The van der Waals surface area contributed by atoms with E-state index in [-0.39, 0.29) is 5.89 Å². The summed E-state index contributed by atoms with van der Waals surface area (Å²) in [6.45, 7) is 1.91. The van der Waals surface area contributed by atoms with Crippen LogP contribution in [0.4, 0.5) is 5.69 Å². The van der Waals surface area contributed by atoms with E-state index in [4.69, 9.17) is 4.52 Å². The highest BCUT2D eigenvalue weighted by Crippen LogP contribution is 2.17. The van der Waals surface area contributed by atoms with Crippen LogP contribution in [0.1, 0.15) is 16.2 Å². The third-order valence-corrected chi connectivity index (χ3v) is 2.95. The number of aryl methyl sites for hydroxylation is 1. The lowest BCUT2D eigenvalue weighted by Crippen LogP contribution is -2.13. The second-order valence-electron chi connectivity index (χ2n) is 4.43. The average molecular weight is 280 g/mol. The van der Waals surface area contributed by atoms with Crippen LogP contribution < -0.4 is 5.32 Å². The Kier molecular flexibility index (Phi) is 3.42. The Morgan fingerprint density at radius 1 is 1.14 bits per heavy atom. The summed E-state index contributed by atoms with van der Waals surface area (Å²) in [5, 5.41) is 6.54. The molecular weight excluding hydrogens is 268 g/mol. The van der Waals surface area contributed by atoms with E-state index in [1.54, 1.807) is 24.5 Å². The van der Waals surface area contributed by atoms with Crippen LogP contribution >= 0.6 is 0 Å². The molecule has 0 aliphatic heterocycles. The van der Waals surface area contributed by atoms with Gasteiger partial charge >= 0.3 is 11.8 Å². The number of rotatable bonds is 3. The minimum Gasteiger partial charge on any atom is -0.328 e. The van der Waals surface area contributed by atoms with Crippen LogP contribution in [0.15, 0.2) is 53.3 Å². The monoisotopic (exact) mass is 280 g/mol. The van der Waals surface area contributed by atoms with Crippen molar-refractivity contribution in [2.24, 2.45) is 0 Å². The zero-order chi connectivity index (χ0) is 14.7. The standard InChI is InChI=1S/C15H12N4O2/c1-10-4-2-3-5-12(10)17-14(20)15-18-13(19-21-15)11-6-8-16-9-7-11/h2-9H,1H3,(H,17,20). The molecule has 3 aromatic rings. The van der Waals surface area contributed by atoms with Crippen molar-refractivity contribution in [2.75, 3.05) is 5.32 Å². The number of para-hydroxylation sites is 1. The maximum Gasteiger partial charge on any atom is 0.316 e. The van der Waals surface area contributed by atoms with Gasteiger partial charge in [-0.25, -0.2) is 0 Å². The van der Waals surface area contributed by atoms with Crippen molar-refractivity contribution in [2.45, 2.75) is 6.92 Å². The molecule has 0 radical (unpaired) electrons. The molecule has 1 N–H and O–H groups in total. The molecule has 0 bridgehead atoms. The van der Waals surface area contributed by atoms with E-state index in [0.717, 1.165) is 11.1 Å². The van der Waals surface area contributed by atoms with Gasteiger partial charge in [-0.3, -0.25) is 9.78 Å². The molecule has 21 heavy (non-hydrogen) atoms. The number of carbonyl (C=O) groups excluding carboxylic acids is 1. The molecule has 0 spiro atoms. The van der Waals surface area contributed by atoms with E-state index < -0.39 is 5.91 Å². The summed E-state index contributed by atoms with van der Waals surface area (Å²) in [5.74, 6) is -0.158. The fourth-order valence-electron chi connectivity index (χ4n) is 1.82. The number of aromatic nitrogens is 3. The van der Waals surface area contributed by atoms with E-state index in [1.807, 2.05) is 31.2 Å². The highest BCUT2D eigenvalue weighted by molar-refractivity contribution is 6.01. The van der Waals surface area contributed by atoms with Crippen molar-refractivity contribution in [3.8, 4) is 11.4 Å². The quantitative estimate of drug-likeness (QED) is 0.797. The van der Waals surface area contributed by atoms with Gasteiger partial charge in [0.2, 0.25) is 5.82 Å². The second-order valence-corrected chi connectivity index (χ2v) is 4.43. The van der Waals surface area contributed by atoms with Gasteiger partial charge < -0.3 is 9.84 Å². The predicted octanol–water partition coefficient (Wildman–Crippen LogP) is 2.69. The summed E-state index contributed by atoms with van der Waals surface area (Å²) in [5.41, 5.74) is 2.41. The van der Waals surface area contributed by atoms with E-state index in [1.165, 1.54) is 0 Å². The topological polar surface area (TPSA) is 80.9 Å². The van der Waals surface area contributed by atoms with Gasteiger partial charge in [0.25, 0.3) is 0 Å². The van der Waals surface area contributed by atoms with Gasteiger partial charge in [-0.2, -0.15) is 4.98 Å². The Bertz CT molecular complexity index is 768. The predicted molar refractivity (Wildman–Crippen MR) is 76.7 cm³/mol. The number of hydrogen-bond acceptors (Lipinski definition) is 5. The minimum absolute atomic E-state index is 0.0786. The third-order valence-electron chi connectivity index (χ3n) is 2.95. The third kappa shape index (κ3) is 2.79. The van der Waals surface area contributed by atoms with E-state index in [9.17, 15) is 4.79 Å². The molecular formula is C15H12N4O2. The van der Waals surface area contributed by atoms with Gasteiger partial charge in [-0.1, -0.05) is 23.4 Å². The summed E-state index contributed by atoms with van der Waals surface area (Å²) in [4.78, 5) is 20.1. The summed E-state index contributed by atoms with van der Waals surface area (Å²) >= 11 is 0. The highest BCUT2D eigenvalue weighted by atomic mass is 16.5. The zero-order valence-corrected chi connectivity index (χ0v) is 11.3. The van der Waals surface area contributed by atoms with Crippen LogP contribution in [0.3, 0.4) is 0 Å². The molecule has 6 nitrogen and oxygen atoms in total. The average Bonchev–Trinajstić information content (AvgIpc) is 3.00. The zero-order valence-electron chi connectivity index (χ0n) is 11.3. The summed E-state index contributed by atoms with van der Waals surface area (Å²) in [7, 11) is 0. The highest BCUT2D eigenvalue weighted by Gasteiger charge is 2.16. The van der Waals surface area contributed by atoms with E-state index in [2.05, 4.69) is 20.4 Å². The van der Waals surface area contributed by atoms with Gasteiger partial charge in [0.1, 0.15) is 0 Å². The Labute approximate surface area is 120 Å². The molecule has 0 atom stereocenters. The molecule has 104 valence electrons. The van der Waals surface area contributed by atoms with Gasteiger partial charge in [-0.05, 0) is 30.7 Å². The van der Waals surface area contributed by atoms with Crippen LogP contribution in [0.5, 0.6) is 0 Å². The Hall–Kier alpha value is -3.02. The second kappa shape index (κ2) is 5.54. The van der Waals surface area contributed by atoms with Crippen LogP contribution in [-0.2, 0) is 0 Å². The van der Waals surface area contributed by atoms with Crippen LogP contribution in [-0.4, -0.2) is 21.0 Å². The number of anilines is 1. The normalized spacial score (nSPS) is 10.3. The first-order valence-corrected chi connectivity index (χ1v) is 6.35. The van der Waals surface area contributed by atoms with Crippen molar-refractivity contribution < 1.29 is 9.32 Å². The molecule has 0 fully saturated rings. The van der Waals surface area contributed by atoms with Crippen LogP contribution in [0.2, 0.25) is 0 Å².